The van der Waals surface area contributed by atoms with Gasteiger partial charge in [0.25, 0.3) is 5.91 Å². The number of rotatable bonds is 2. The zero-order chi connectivity index (χ0) is 15.6. The van der Waals surface area contributed by atoms with Crippen LogP contribution in [0, 0.1) is 0 Å². The molecule has 2 N–H and O–H groups in total. The van der Waals surface area contributed by atoms with Crippen LogP contribution in [0.2, 0.25) is 0 Å². The minimum Gasteiger partial charge on any atom is -0.412 e. The van der Waals surface area contributed by atoms with Crippen molar-refractivity contribution in [1.29, 1.82) is 0 Å². The van der Waals surface area contributed by atoms with Gasteiger partial charge >= 0.3 is 0 Å². The van der Waals surface area contributed by atoms with Crippen molar-refractivity contribution < 1.29 is 15.0 Å². The normalized spacial score (nSPS) is 20.1. The number of amides is 1. The van der Waals surface area contributed by atoms with Crippen LogP contribution in [0.5, 0.6) is 0 Å². The fraction of sp³-hybridized carbons (Fsp3) is 0.471. The number of aromatic nitrogens is 2. The molecule has 2 aliphatic rings. The van der Waals surface area contributed by atoms with Gasteiger partial charge in [-0.3, -0.25) is 4.79 Å². The van der Waals surface area contributed by atoms with Crippen molar-refractivity contribution >= 4 is 35.2 Å². The Hall–Kier alpha value is -1.96. The van der Waals surface area contributed by atoms with E-state index in [0.717, 1.165) is 42.8 Å². The van der Waals surface area contributed by atoms with Crippen molar-refractivity contribution in [2.45, 2.75) is 18.9 Å². The number of carbonyl (C=O) groups is 1. The predicted octanol–water partition coefficient (Wildman–Crippen LogP) is 1.05. The molecular formula is C17H23ClN4O3. The van der Waals surface area contributed by atoms with E-state index in [4.69, 9.17) is 4.74 Å². The maximum atomic E-state index is 12.4. The quantitative estimate of drug-likeness (QED) is 0.792. The molecule has 3 heterocycles. The highest BCUT2D eigenvalue weighted by Crippen LogP contribution is 2.19. The molecule has 2 saturated heterocycles. The molecular weight excluding hydrogens is 344 g/mol. The molecule has 8 heteroatoms. The molecule has 1 atom stereocenters. The van der Waals surface area contributed by atoms with Gasteiger partial charge in [-0.15, -0.1) is 12.4 Å². The molecule has 0 radical (unpaired) electrons. The number of nitrogens with zero attached hydrogens (tertiary/aromatic N) is 4. The van der Waals surface area contributed by atoms with Gasteiger partial charge in [0.2, 0.25) is 5.95 Å². The largest absolute Gasteiger partial charge is 0.412 e. The van der Waals surface area contributed by atoms with Crippen LogP contribution >= 0.6 is 12.4 Å². The summed E-state index contributed by atoms with van der Waals surface area (Å²) in [5.41, 5.74) is 0.954. The number of anilines is 1. The van der Waals surface area contributed by atoms with Crippen LogP contribution in [-0.2, 0) is 9.53 Å². The van der Waals surface area contributed by atoms with Gasteiger partial charge in [0.05, 0.1) is 5.52 Å². The molecule has 1 aromatic heterocycles. The first-order valence-corrected chi connectivity index (χ1v) is 8.18. The van der Waals surface area contributed by atoms with E-state index in [0.29, 0.717) is 19.7 Å². The van der Waals surface area contributed by atoms with Crippen LogP contribution < -0.4 is 4.90 Å². The van der Waals surface area contributed by atoms with Crippen molar-refractivity contribution in [2.75, 3.05) is 37.7 Å². The lowest BCUT2D eigenvalue weighted by Crippen LogP contribution is -2.51. The monoisotopic (exact) mass is 366 g/mol. The van der Waals surface area contributed by atoms with Crippen molar-refractivity contribution in [3.8, 4) is 0 Å². The highest BCUT2D eigenvalue weighted by Gasteiger charge is 2.30. The van der Waals surface area contributed by atoms with Crippen molar-refractivity contribution in [1.82, 2.24) is 14.9 Å². The summed E-state index contributed by atoms with van der Waals surface area (Å²) >= 11 is 0. The number of hydrogen-bond acceptors (Lipinski definition) is 5. The van der Waals surface area contributed by atoms with Crippen molar-refractivity contribution in [2.24, 2.45) is 0 Å². The fourth-order valence-corrected chi connectivity index (χ4v) is 3.22. The van der Waals surface area contributed by atoms with E-state index >= 15 is 0 Å². The molecule has 2 aromatic rings. The molecule has 0 spiro atoms. The number of benzene rings is 1. The average molecular weight is 367 g/mol. The second kappa shape index (κ2) is 8.42. The number of para-hydroxylation sites is 1. The van der Waals surface area contributed by atoms with E-state index in [1.165, 1.54) is 0 Å². The first-order valence-electron chi connectivity index (χ1n) is 8.18. The van der Waals surface area contributed by atoms with E-state index in [9.17, 15) is 4.79 Å². The van der Waals surface area contributed by atoms with Gasteiger partial charge in [0.15, 0.2) is 0 Å². The third-order valence-electron chi connectivity index (χ3n) is 4.56. The van der Waals surface area contributed by atoms with E-state index in [1.54, 1.807) is 0 Å². The number of hydrogen-bond donors (Lipinski definition) is 0. The molecule has 1 aromatic carbocycles. The Bertz CT molecular complexity index is 716. The lowest BCUT2D eigenvalue weighted by Gasteiger charge is -2.35. The minimum atomic E-state index is -0.224. The molecule has 0 saturated carbocycles. The maximum Gasteiger partial charge on any atom is 0.251 e. The number of ether oxygens (including phenoxy) is 1. The fourth-order valence-electron chi connectivity index (χ4n) is 3.22. The molecule has 2 fully saturated rings. The standard InChI is InChI=1S/C17H20N4O2.ClH.H2O/c22-16(15-6-3-11-23-15)20-7-9-21(10-8-20)17-18-12-13-4-1-2-5-14(13)19-17;;/h1-2,4-5,12,15H,3,6-11H2;1H;1H2. The summed E-state index contributed by atoms with van der Waals surface area (Å²) in [6.07, 6.45) is 3.48. The smallest absolute Gasteiger partial charge is 0.251 e. The Morgan fingerprint density at radius 1 is 1.16 bits per heavy atom. The number of piperazine rings is 1. The van der Waals surface area contributed by atoms with Gasteiger partial charge in [-0.25, -0.2) is 9.97 Å². The third kappa shape index (κ3) is 4.00. The van der Waals surface area contributed by atoms with Gasteiger partial charge in [0, 0.05) is 44.4 Å². The number of fused-ring (bicyclic) bond motifs is 1. The molecule has 25 heavy (non-hydrogen) atoms. The van der Waals surface area contributed by atoms with Crippen LogP contribution in [0.3, 0.4) is 0 Å². The lowest BCUT2D eigenvalue weighted by molar-refractivity contribution is -0.141. The molecule has 7 nitrogen and oxygen atoms in total. The van der Waals surface area contributed by atoms with Crippen LogP contribution in [0.4, 0.5) is 5.95 Å². The molecule has 1 unspecified atom stereocenters. The molecule has 2 aliphatic heterocycles. The van der Waals surface area contributed by atoms with Gasteiger partial charge in [-0.1, -0.05) is 18.2 Å². The first-order chi connectivity index (χ1) is 11.3. The molecule has 1 amide bonds. The second-order valence-electron chi connectivity index (χ2n) is 6.04. The van der Waals surface area contributed by atoms with Gasteiger partial charge in [0.1, 0.15) is 6.10 Å². The maximum absolute atomic E-state index is 12.4. The zero-order valence-electron chi connectivity index (χ0n) is 13.9. The highest BCUT2D eigenvalue weighted by atomic mass is 35.5. The highest BCUT2D eigenvalue weighted by molar-refractivity contribution is 5.85. The van der Waals surface area contributed by atoms with Crippen LogP contribution in [0.1, 0.15) is 12.8 Å². The van der Waals surface area contributed by atoms with Crippen LogP contribution in [0.15, 0.2) is 30.5 Å². The molecule has 0 bridgehead atoms. The van der Waals surface area contributed by atoms with Gasteiger partial charge in [-0.2, -0.15) is 0 Å². The molecule has 4 rings (SSSR count). The summed E-state index contributed by atoms with van der Waals surface area (Å²) in [4.78, 5) is 25.5. The summed E-state index contributed by atoms with van der Waals surface area (Å²) < 4.78 is 5.50. The first kappa shape index (κ1) is 19.4. The Labute approximate surface area is 152 Å². The van der Waals surface area contributed by atoms with E-state index in [2.05, 4.69) is 14.9 Å². The van der Waals surface area contributed by atoms with Crippen LogP contribution in [0.25, 0.3) is 10.9 Å². The van der Waals surface area contributed by atoms with E-state index < -0.39 is 0 Å². The Kier molecular flexibility index (Phi) is 6.52. The van der Waals surface area contributed by atoms with Gasteiger partial charge in [-0.05, 0) is 18.9 Å². The summed E-state index contributed by atoms with van der Waals surface area (Å²) in [6, 6.07) is 7.98. The van der Waals surface area contributed by atoms with Crippen LogP contribution in [-0.4, -0.2) is 65.1 Å². The third-order valence-corrected chi connectivity index (χ3v) is 4.56. The van der Waals surface area contributed by atoms with E-state index in [1.807, 2.05) is 35.4 Å². The second-order valence-corrected chi connectivity index (χ2v) is 6.04. The number of halogens is 1. The summed E-state index contributed by atoms with van der Waals surface area (Å²) in [5, 5.41) is 1.04. The molecule has 136 valence electrons. The van der Waals surface area contributed by atoms with Crippen molar-refractivity contribution in [3.05, 3.63) is 30.5 Å². The van der Waals surface area contributed by atoms with E-state index in [-0.39, 0.29) is 29.9 Å². The number of carbonyl (C=O) groups excluding carboxylic acids is 1. The summed E-state index contributed by atoms with van der Waals surface area (Å²) in [7, 11) is 0. The Balaban J connectivity index is 0.00000113. The summed E-state index contributed by atoms with van der Waals surface area (Å²) in [6.45, 7) is 3.64. The Morgan fingerprint density at radius 2 is 1.92 bits per heavy atom. The van der Waals surface area contributed by atoms with Gasteiger partial charge < -0.3 is 20.0 Å². The summed E-state index contributed by atoms with van der Waals surface area (Å²) in [5.74, 6) is 0.884. The SMILES string of the molecule is Cl.O.O=C(C1CCCO1)N1CCN(c2ncc3ccccc3n2)CC1. The zero-order valence-corrected chi connectivity index (χ0v) is 14.7. The van der Waals surface area contributed by atoms with Crippen molar-refractivity contribution in [3.63, 3.8) is 0 Å². The lowest BCUT2D eigenvalue weighted by atomic mass is 10.2. The topological polar surface area (TPSA) is 90.1 Å². The minimum absolute atomic E-state index is 0. The Morgan fingerprint density at radius 3 is 2.64 bits per heavy atom. The predicted molar refractivity (Wildman–Crippen MR) is 98.2 cm³/mol. The molecule has 0 aliphatic carbocycles. The average Bonchev–Trinajstić information content (AvgIpc) is 3.15.